The fourth-order valence-electron chi connectivity index (χ4n) is 2.59. The van der Waals surface area contributed by atoms with Gasteiger partial charge in [0.1, 0.15) is 11.5 Å². The minimum absolute atomic E-state index is 0.341. The maximum absolute atomic E-state index is 12.5. The molecule has 6 nitrogen and oxygen atoms in total. The van der Waals surface area contributed by atoms with Gasteiger partial charge in [-0.05, 0) is 67.1 Å². The average Bonchev–Trinajstić information content (AvgIpc) is 2.74. The molecule has 3 rings (SSSR count). The van der Waals surface area contributed by atoms with E-state index in [4.69, 9.17) is 15.2 Å². The molecule has 3 aromatic rings. The average molecular weight is 390 g/mol. The van der Waals surface area contributed by atoms with E-state index in [1.165, 1.54) is 0 Å². The van der Waals surface area contributed by atoms with Gasteiger partial charge in [0.25, 0.3) is 5.91 Å². The van der Waals surface area contributed by atoms with Crippen LogP contribution in [0.2, 0.25) is 0 Å². The Balaban J connectivity index is 1.58. The Labute approximate surface area is 169 Å². The highest BCUT2D eigenvalue weighted by atomic mass is 16.5. The van der Waals surface area contributed by atoms with Crippen LogP contribution in [0.5, 0.6) is 11.5 Å². The van der Waals surface area contributed by atoms with Crippen molar-refractivity contribution in [2.45, 2.75) is 19.4 Å². The minimum Gasteiger partial charge on any atom is -0.457 e. The van der Waals surface area contributed by atoms with E-state index in [0.717, 1.165) is 5.75 Å². The molecule has 0 bridgehead atoms. The molecular formula is C23H22N2O4. The van der Waals surface area contributed by atoms with E-state index in [-0.39, 0.29) is 0 Å². The normalized spacial score (nSPS) is 11.3. The zero-order valence-electron chi connectivity index (χ0n) is 16.0. The van der Waals surface area contributed by atoms with Crippen molar-refractivity contribution in [1.29, 1.82) is 0 Å². The summed E-state index contributed by atoms with van der Waals surface area (Å²) in [6, 6.07) is 22.7. The second-order valence-corrected chi connectivity index (χ2v) is 6.35. The molecule has 1 amide bonds. The lowest BCUT2D eigenvalue weighted by Crippen LogP contribution is -2.32. The molecule has 148 valence electrons. The van der Waals surface area contributed by atoms with Gasteiger partial charge in [-0.1, -0.05) is 25.1 Å². The van der Waals surface area contributed by atoms with E-state index in [1.807, 2.05) is 30.3 Å². The summed E-state index contributed by atoms with van der Waals surface area (Å²) in [6.07, 6.45) is -0.554. The largest absolute Gasteiger partial charge is 0.457 e. The van der Waals surface area contributed by atoms with Crippen LogP contribution < -0.4 is 15.8 Å². The lowest BCUT2D eigenvalue weighted by Gasteiger charge is -2.16. The summed E-state index contributed by atoms with van der Waals surface area (Å²) in [5.41, 5.74) is 7.09. The number of rotatable bonds is 7. The van der Waals surface area contributed by atoms with Crippen molar-refractivity contribution >= 4 is 23.3 Å². The first-order chi connectivity index (χ1) is 14.0. The molecular weight excluding hydrogens is 368 g/mol. The highest BCUT2D eigenvalue weighted by Crippen LogP contribution is 2.23. The summed E-state index contributed by atoms with van der Waals surface area (Å²) >= 11 is 0. The molecule has 0 aliphatic rings. The molecule has 1 atom stereocenters. The number of esters is 1. The molecule has 0 spiro atoms. The van der Waals surface area contributed by atoms with Gasteiger partial charge in [0.2, 0.25) is 0 Å². The van der Waals surface area contributed by atoms with E-state index in [2.05, 4.69) is 5.32 Å². The van der Waals surface area contributed by atoms with Crippen LogP contribution in [0, 0.1) is 0 Å². The quantitative estimate of drug-likeness (QED) is 0.453. The molecule has 0 saturated heterocycles. The van der Waals surface area contributed by atoms with Crippen LogP contribution in [0.1, 0.15) is 23.7 Å². The smallest absolute Gasteiger partial charge is 0.338 e. The van der Waals surface area contributed by atoms with Crippen LogP contribution in [-0.2, 0) is 9.53 Å². The minimum atomic E-state index is -0.903. The highest BCUT2D eigenvalue weighted by molar-refractivity contribution is 5.97. The number of carbonyl (C=O) groups is 2. The molecule has 0 saturated carbocycles. The third kappa shape index (κ3) is 5.59. The van der Waals surface area contributed by atoms with Gasteiger partial charge < -0.3 is 20.5 Å². The van der Waals surface area contributed by atoms with Crippen molar-refractivity contribution in [3.63, 3.8) is 0 Å². The number of ether oxygens (including phenoxy) is 2. The van der Waals surface area contributed by atoms with Gasteiger partial charge in [0.15, 0.2) is 6.10 Å². The highest BCUT2D eigenvalue weighted by Gasteiger charge is 2.22. The third-order valence-corrected chi connectivity index (χ3v) is 4.16. The number of anilines is 2. The van der Waals surface area contributed by atoms with E-state index in [0.29, 0.717) is 29.1 Å². The van der Waals surface area contributed by atoms with Gasteiger partial charge >= 0.3 is 5.97 Å². The molecule has 29 heavy (non-hydrogen) atoms. The summed E-state index contributed by atoms with van der Waals surface area (Å²) < 4.78 is 11.1. The molecule has 1 unspecified atom stereocenters. The fraction of sp³-hybridized carbons (Fsp3) is 0.130. The Bertz CT molecular complexity index is 954. The van der Waals surface area contributed by atoms with E-state index in [9.17, 15) is 9.59 Å². The van der Waals surface area contributed by atoms with Gasteiger partial charge in [0.05, 0.1) is 5.56 Å². The van der Waals surface area contributed by atoms with Gasteiger partial charge in [-0.15, -0.1) is 0 Å². The second-order valence-electron chi connectivity index (χ2n) is 6.35. The van der Waals surface area contributed by atoms with Crippen LogP contribution in [0.25, 0.3) is 0 Å². The predicted octanol–water partition coefficient (Wildman–Crippen LogP) is 4.64. The van der Waals surface area contributed by atoms with Crippen LogP contribution in [0.15, 0.2) is 78.9 Å². The summed E-state index contributed by atoms with van der Waals surface area (Å²) in [6.45, 7) is 1.78. The van der Waals surface area contributed by atoms with Crippen molar-refractivity contribution in [1.82, 2.24) is 0 Å². The van der Waals surface area contributed by atoms with Crippen LogP contribution in [0.3, 0.4) is 0 Å². The standard InChI is InChI=1S/C23H22N2O4/c1-2-21(29-23(27)16-8-10-17(24)11-9-16)22(26)25-18-12-14-20(15-13-18)28-19-6-4-3-5-7-19/h3-15,21H,2,24H2,1H3,(H,25,26). The topological polar surface area (TPSA) is 90.7 Å². The zero-order valence-corrected chi connectivity index (χ0v) is 16.0. The Kier molecular flexibility index (Phi) is 6.47. The second kappa shape index (κ2) is 9.41. The maximum Gasteiger partial charge on any atom is 0.338 e. The molecule has 6 heteroatoms. The van der Waals surface area contributed by atoms with Gasteiger partial charge in [-0.3, -0.25) is 4.79 Å². The monoisotopic (exact) mass is 390 g/mol. The first-order valence-electron chi connectivity index (χ1n) is 9.25. The number of para-hydroxylation sites is 1. The zero-order chi connectivity index (χ0) is 20.6. The molecule has 0 aromatic heterocycles. The molecule has 3 aromatic carbocycles. The lowest BCUT2D eigenvalue weighted by atomic mass is 10.2. The summed E-state index contributed by atoms with van der Waals surface area (Å²) in [5, 5.41) is 2.76. The predicted molar refractivity (Wildman–Crippen MR) is 112 cm³/mol. The number of amides is 1. The molecule has 0 aliphatic carbocycles. The number of benzene rings is 3. The van der Waals surface area contributed by atoms with Crippen LogP contribution in [0.4, 0.5) is 11.4 Å². The van der Waals surface area contributed by atoms with Gasteiger partial charge in [-0.2, -0.15) is 0 Å². The van der Waals surface area contributed by atoms with E-state index < -0.39 is 18.0 Å². The summed E-state index contributed by atoms with van der Waals surface area (Å²) in [5.74, 6) is 0.410. The summed E-state index contributed by atoms with van der Waals surface area (Å²) in [4.78, 5) is 24.7. The number of nitrogens with one attached hydrogen (secondary N) is 1. The molecule has 0 fully saturated rings. The first-order valence-corrected chi connectivity index (χ1v) is 9.25. The Hall–Kier alpha value is -3.80. The van der Waals surface area contributed by atoms with Crippen molar-refractivity contribution in [2.75, 3.05) is 11.1 Å². The van der Waals surface area contributed by atoms with Crippen molar-refractivity contribution in [2.24, 2.45) is 0 Å². The molecule has 0 radical (unpaired) electrons. The number of hydrogen-bond donors (Lipinski definition) is 2. The van der Waals surface area contributed by atoms with Crippen molar-refractivity contribution < 1.29 is 19.1 Å². The van der Waals surface area contributed by atoms with Gasteiger partial charge in [0, 0.05) is 11.4 Å². The Morgan fingerprint density at radius 3 is 2.14 bits per heavy atom. The van der Waals surface area contributed by atoms with Crippen molar-refractivity contribution in [3.05, 3.63) is 84.4 Å². The molecule has 3 N–H and O–H groups in total. The number of carbonyl (C=O) groups excluding carboxylic acids is 2. The SMILES string of the molecule is CCC(OC(=O)c1ccc(N)cc1)C(=O)Nc1ccc(Oc2ccccc2)cc1. The number of nitrogen functional groups attached to an aromatic ring is 1. The van der Waals surface area contributed by atoms with Gasteiger partial charge in [-0.25, -0.2) is 4.79 Å². The Morgan fingerprint density at radius 2 is 1.52 bits per heavy atom. The fourth-order valence-corrected chi connectivity index (χ4v) is 2.59. The number of hydrogen-bond acceptors (Lipinski definition) is 5. The van der Waals surface area contributed by atoms with E-state index in [1.54, 1.807) is 55.5 Å². The Morgan fingerprint density at radius 1 is 0.897 bits per heavy atom. The third-order valence-electron chi connectivity index (χ3n) is 4.16. The van der Waals surface area contributed by atoms with E-state index >= 15 is 0 Å². The molecule has 0 aliphatic heterocycles. The number of nitrogens with two attached hydrogens (primary N) is 1. The molecule has 0 heterocycles. The lowest BCUT2D eigenvalue weighted by molar-refractivity contribution is -0.124. The van der Waals surface area contributed by atoms with Crippen LogP contribution >= 0.6 is 0 Å². The summed E-state index contributed by atoms with van der Waals surface area (Å²) in [7, 11) is 0. The van der Waals surface area contributed by atoms with Crippen LogP contribution in [-0.4, -0.2) is 18.0 Å². The first kappa shape index (κ1) is 19.9. The maximum atomic E-state index is 12.5. The van der Waals surface area contributed by atoms with Crippen molar-refractivity contribution in [3.8, 4) is 11.5 Å².